The van der Waals surface area contributed by atoms with E-state index in [0.717, 1.165) is 12.5 Å². The molecule has 0 saturated carbocycles. The number of hydrogen-bond acceptors (Lipinski definition) is 7. The molecule has 0 aliphatic carbocycles. The van der Waals surface area contributed by atoms with Gasteiger partial charge in [0, 0.05) is 36.3 Å². The van der Waals surface area contributed by atoms with Crippen LogP contribution in [-0.2, 0) is 22.9 Å². The summed E-state index contributed by atoms with van der Waals surface area (Å²) in [7, 11) is -3.57. The molecule has 0 radical (unpaired) electrons. The quantitative estimate of drug-likeness (QED) is 0.548. The van der Waals surface area contributed by atoms with E-state index in [0.29, 0.717) is 23.7 Å². The smallest absolute Gasteiger partial charge is 0.261 e. The van der Waals surface area contributed by atoms with Crippen molar-refractivity contribution in [1.29, 1.82) is 5.26 Å². The Kier molecular flexibility index (Phi) is 6.73. The fourth-order valence-corrected chi connectivity index (χ4v) is 5.55. The molecule has 1 fully saturated rings. The first kappa shape index (κ1) is 24.3. The normalized spacial score (nSPS) is 16.7. The van der Waals surface area contributed by atoms with Crippen molar-refractivity contribution in [1.82, 2.24) is 14.5 Å². The number of nitrogens with two attached hydrogens (primary N) is 1. The highest BCUT2D eigenvalue weighted by Crippen LogP contribution is 2.25. The SMILES string of the molecule is CCS(=O)(=O)c1ccc(Cl)cc1Cn1cnc2c(C#N)c(CN3CC[C@@H](N)C3)c(F)cc2c1=O. The predicted molar refractivity (Wildman–Crippen MR) is 127 cm³/mol. The van der Waals surface area contributed by atoms with Gasteiger partial charge in [-0.2, -0.15) is 5.26 Å². The number of hydrogen-bond donors (Lipinski definition) is 1. The van der Waals surface area contributed by atoms with Gasteiger partial charge >= 0.3 is 0 Å². The largest absolute Gasteiger partial charge is 0.326 e. The summed E-state index contributed by atoms with van der Waals surface area (Å²) in [6, 6.07) is 7.45. The summed E-state index contributed by atoms with van der Waals surface area (Å²) >= 11 is 6.07. The van der Waals surface area contributed by atoms with Gasteiger partial charge in [-0.25, -0.2) is 17.8 Å². The van der Waals surface area contributed by atoms with E-state index in [4.69, 9.17) is 17.3 Å². The molecule has 1 saturated heterocycles. The number of sulfone groups is 1. The third-order valence-electron chi connectivity index (χ3n) is 6.05. The van der Waals surface area contributed by atoms with Crippen molar-refractivity contribution in [2.45, 2.75) is 37.4 Å². The van der Waals surface area contributed by atoms with E-state index < -0.39 is 21.2 Å². The molecule has 178 valence electrons. The molecule has 8 nitrogen and oxygen atoms in total. The Morgan fingerprint density at radius 2 is 2.09 bits per heavy atom. The van der Waals surface area contributed by atoms with Crippen LogP contribution < -0.4 is 11.3 Å². The molecule has 0 amide bonds. The van der Waals surface area contributed by atoms with Crippen molar-refractivity contribution in [2.75, 3.05) is 18.8 Å². The Labute approximate surface area is 201 Å². The van der Waals surface area contributed by atoms with Crippen molar-refractivity contribution in [3.05, 3.63) is 68.5 Å². The van der Waals surface area contributed by atoms with E-state index in [1.807, 2.05) is 11.0 Å². The van der Waals surface area contributed by atoms with Gasteiger partial charge in [0.1, 0.15) is 11.9 Å². The lowest BCUT2D eigenvalue weighted by atomic mass is 10.0. The van der Waals surface area contributed by atoms with Crippen LogP contribution in [0.3, 0.4) is 0 Å². The number of halogens is 2. The second-order valence-corrected chi connectivity index (χ2v) is 11.0. The molecule has 0 spiro atoms. The molecule has 1 aliphatic heterocycles. The highest BCUT2D eigenvalue weighted by atomic mass is 35.5. The third-order valence-corrected chi connectivity index (χ3v) is 8.11. The lowest BCUT2D eigenvalue weighted by Gasteiger charge is -2.18. The minimum atomic E-state index is -3.57. The maximum absolute atomic E-state index is 15.1. The molecular formula is C23H23ClFN5O3S. The van der Waals surface area contributed by atoms with Gasteiger partial charge in [0.15, 0.2) is 9.84 Å². The minimum Gasteiger partial charge on any atom is -0.326 e. The molecule has 1 atom stereocenters. The highest BCUT2D eigenvalue weighted by Gasteiger charge is 2.24. The Morgan fingerprint density at radius 3 is 2.74 bits per heavy atom. The minimum absolute atomic E-state index is 0.00674. The monoisotopic (exact) mass is 503 g/mol. The van der Waals surface area contributed by atoms with E-state index in [-0.39, 0.29) is 51.8 Å². The predicted octanol–water partition coefficient (Wildman–Crippen LogP) is 2.44. The first-order chi connectivity index (χ1) is 16.1. The summed E-state index contributed by atoms with van der Waals surface area (Å²) in [5.41, 5.74) is 5.96. The highest BCUT2D eigenvalue weighted by molar-refractivity contribution is 7.91. The molecule has 2 heterocycles. The van der Waals surface area contributed by atoms with Gasteiger partial charge in [0.25, 0.3) is 5.56 Å². The first-order valence-electron chi connectivity index (χ1n) is 10.7. The van der Waals surface area contributed by atoms with E-state index in [1.54, 1.807) is 0 Å². The Hall–Kier alpha value is -2.84. The summed E-state index contributed by atoms with van der Waals surface area (Å²) in [4.78, 5) is 19.5. The number of aromatic nitrogens is 2. The fraction of sp³-hybridized carbons (Fsp3) is 0.348. The average molecular weight is 504 g/mol. The molecule has 11 heteroatoms. The van der Waals surface area contributed by atoms with Gasteiger partial charge in [0.2, 0.25) is 0 Å². The second-order valence-electron chi connectivity index (χ2n) is 8.34. The van der Waals surface area contributed by atoms with Crippen LogP contribution in [-0.4, -0.2) is 47.8 Å². The van der Waals surface area contributed by atoms with Crippen molar-refractivity contribution in [3.8, 4) is 6.07 Å². The maximum Gasteiger partial charge on any atom is 0.261 e. The van der Waals surface area contributed by atoms with Crippen LogP contribution in [0, 0.1) is 17.1 Å². The molecular weight excluding hydrogens is 481 g/mol. The van der Waals surface area contributed by atoms with Crippen molar-refractivity contribution < 1.29 is 12.8 Å². The van der Waals surface area contributed by atoms with Crippen molar-refractivity contribution in [2.24, 2.45) is 5.73 Å². The van der Waals surface area contributed by atoms with Gasteiger partial charge in [-0.05, 0) is 36.2 Å². The van der Waals surface area contributed by atoms with Crippen LogP contribution >= 0.6 is 11.6 Å². The maximum atomic E-state index is 15.1. The number of rotatable bonds is 6. The lowest BCUT2D eigenvalue weighted by molar-refractivity contribution is 0.321. The standard InChI is InChI=1S/C23H23ClFN5O3S/c1-2-34(32,33)21-4-3-15(24)7-14(21)10-30-13-28-22-17(23(30)31)8-20(25)19(18(22)9-26)12-29-6-5-16(27)11-29/h3-4,7-8,13,16H,2,5-6,10-12,27H2,1H3/t16-/m1/s1. The number of benzene rings is 2. The summed E-state index contributed by atoms with van der Waals surface area (Å²) in [6.45, 7) is 2.88. The van der Waals surface area contributed by atoms with E-state index in [1.165, 1.54) is 36.0 Å². The molecule has 1 aliphatic rings. The fourth-order valence-electron chi connectivity index (χ4n) is 4.24. The summed E-state index contributed by atoms with van der Waals surface area (Å²) in [5.74, 6) is -0.785. The zero-order chi connectivity index (χ0) is 24.6. The summed E-state index contributed by atoms with van der Waals surface area (Å²) in [5, 5.41) is 10.0. The number of fused-ring (bicyclic) bond motifs is 1. The number of nitriles is 1. The number of likely N-dealkylation sites (tertiary alicyclic amines) is 1. The molecule has 1 aromatic heterocycles. The van der Waals surface area contributed by atoms with E-state index in [2.05, 4.69) is 4.98 Å². The number of nitrogens with zero attached hydrogens (tertiary/aromatic N) is 4. The van der Waals surface area contributed by atoms with Crippen LogP contribution in [0.4, 0.5) is 4.39 Å². The molecule has 0 bridgehead atoms. The van der Waals surface area contributed by atoms with Crippen molar-refractivity contribution >= 4 is 32.3 Å². The van der Waals surface area contributed by atoms with Crippen LogP contribution in [0.2, 0.25) is 5.02 Å². The average Bonchev–Trinajstić information content (AvgIpc) is 3.21. The van der Waals surface area contributed by atoms with Gasteiger partial charge in [-0.3, -0.25) is 14.3 Å². The molecule has 2 aromatic carbocycles. The van der Waals surface area contributed by atoms with Crippen LogP contribution in [0.1, 0.15) is 30.0 Å². The van der Waals surface area contributed by atoms with E-state index >= 15 is 4.39 Å². The van der Waals surface area contributed by atoms with E-state index in [9.17, 15) is 18.5 Å². The van der Waals surface area contributed by atoms with Gasteiger partial charge < -0.3 is 5.73 Å². The van der Waals surface area contributed by atoms with Crippen LogP contribution in [0.15, 0.2) is 40.3 Å². The zero-order valence-electron chi connectivity index (χ0n) is 18.5. The Balaban J connectivity index is 1.79. The van der Waals surface area contributed by atoms with Crippen LogP contribution in [0.25, 0.3) is 10.9 Å². The molecule has 0 unspecified atom stereocenters. The topological polar surface area (TPSA) is 122 Å². The summed E-state index contributed by atoms with van der Waals surface area (Å²) < 4.78 is 41.3. The second kappa shape index (κ2) is 9.43. The van der Waals surface area contributed by atoms with Crippen molar-refractivity contribution in [3.63, 3.8) is 0 Å². The zero-order valence-corrected chi connectivity index (χ0v) is 20.0. The lowest BCUT2D eigenvalue weighted by Crippen LogP contribution is -2.27. The van der Waals surface area contributed by atoms with Crippen LogP contribution in [0.5, 0.6) is 0 Å². The Bertz CT molecular complexity index is 1480. The molecule has 4 rings (SSSR count). The van der Waals surface area contributed by atoms with Gasteiger partial charge in [-0.15, -0.1) is 0 Å². The summed E-state index contributed by atoms with van der Waals surface area (Å²) in [6.07, 6.45) is 2.03. The molecule has 2 N–H and O–H groups in total. The van der Waals surface area contributed by atoms with Gasteiger partial charge in [0.05, 0.1) is 40.0 Å². The Morgan fingerprint density at radius 1 is 1.32 bits per heavy atom. The first-order valence-corrected chi connectivity index (χ1v) is 12.8. The van der Waals surface area contributed by atoms with Gasteiger partial charge in [-0.1, -0.05) is 18.5 Å². The molecule has 34 heavy (non-hydrogen) atoms. The third kappa shape index (κ3) is 4.57. The molecule has 3 aromatic rings.